The fourth-order valence-corrected chi connectivity index (χ4v) is 2.96. The molecule has 2 aromatic carbocycles. The van der Waals surface area contributed by atoms with Crippen LogP contribution in [0.1, 0.15) is 37.2 Å². The van der Waals surface area contributed by atoms with Crippen LogP contribution in [-0.4, -0.2) is 0 Å². The lowest BCUT2D eigenvalue weighted by atomic mass is 10.1. The molecule has 2 rings (SSSR count). The molecule has 0 aliphatic rings. The molecule has 0 N–H and O–H groups in total. The summed E-state index contributed by atoms with van der Waals surface area (Å²) in [5.41, 5.74) is 2.10. The zero-order valence-corrected chi connectivity index (χ0v) is 13.6. The predicted molar refractivity (Wildman–Crippen MR) is 85.7 cm³/mol. The zero-order chi connectivity index (χ0) is 15.1. The smallest absolute Gasteiger partial charge is 0.303 e. The van der Waals surface area contributed by atoms with E-state index in [1.807, 2.05) is 74.5 Å². The molecule has 2 atom stereocenters. The SMILES string of the molecule is CC(OP(OCl)OC(C)c1ccccc1)c1ccccc1. The highest BCUT2D eigenvalue weighted by atomic mass is 35.5. The molecule has 0 aliphatic heterocycles. The third-order valence-electron chi connectivity index (χ3n) is 3.08. The maximum Gasteiger partial charge on any atom is 0.351 e. The number of halogens is 1. The van der Waals surface area contributed by atoms with E-state index in [1.54, 1.807) is 0 Å². The van der Waals surface area contributed by atoms with Crippen molar-refractivity contribution in [2.75, 3.05) is 0 Å². The first-order valence-corrected chi connectivity index (χ1v) is 8.13. The molecule has 2 aromatic rings. The molecule has 5 heteroatoms. The van der Waals surface area contributed by atoms with Crippen LogP contribution >= 0.6 is 20.5 Å². The van der Waals surface area contributed by atoms with E-state index in [9.17, 15) is 0 Å². The fourth-order valence-electron chi connectivity index (χ4n) is 1.89. The maximum absolute atomic E-state index is 5.77. The van der Waals surface area contributed by atoms with Gasteiger partial charge in [-0.3, -0.25) is 0 Å². The Morgan fingerprint density at radius 1 is 0.762 bits per heavy atom. The van der Waals surface area contributed by atoms with Crippen LogP contribution in [0.15, 0.2) is 60.7 Å². The second-order valence-electron chi connectivity index (χ2n) is 4.61. The van der Waals surface area contributed by atoms with E-state index in [0.717, 1.165) is 11.1 Å². The number of hydrogen-bond donors (Lipinski definition) is 0. The Hall–Kier alpha value is -0.960. The normalized spacial score (nSPS) is 15.4. The minimum Gasteiger partial charge on any atom is -0.303 e. The number of benzene rings is 2. The average Bonchev–Trinajstić information content (AvgIpc) is 2.55. The third-order valence-corrected chi connectivity index (χ3v) is 4.51. The average molecular weight is 325 g/mol. The van der Waals surface area contributed by atoms with Crippen molar-refractivity contribution < 1.29 is 13.1 Å². The molecule has 0 saturated carbocycles. The van der Waals surface area contributed by atoms with Crippen LogP contribution in [0.5, 0.6) is 0 Å². The number of rotatable bonds is 7. The summed E-state index contributed by atoms with van der Waals surface area (Å²) in [5, 5.41) is 0. The van der Waals surface area contributed by atoms with Gasteiger partial charge in [0.05, 0.1) is 24.1 Å². The summed E-state index contributed by atoms with van der Waals surface area (Å²) in [6, 6.07) is 19.8. The Labute approximate surface area is 132 Å². The minimum absolute atomic E-state index is 0.154. The Bertz CT molecular complexity index is 476. The van der Waals surface area contributed by atoms with E-state index >= 15 is 0 Å². The zero-order valence-electron chi connectivity index (χ0n) is 12.0. The van der Waals surface area contributed by atoms with Crippen LogP contribution < -0.4 is 0 Å². The van der Waals surface area contributed by atoms with Gasteiger partial charge in [-0.05, 0) is 25.0 Å². The van der Waals surface area contributed by atoms with Gasteiger partial charge in [0.25, 0.3) is 0 Å². The highest BCUT2D eigenvalue weighted by Gasteiger charge is 2.21. The summed E-state index contributed by atoms with van der Waals surface area (Å²) >= 11 is 5.51. The molecule has 0 aromatic heterocycles. The van der Waals surface area contributed by atoms with Gasteiger partial charge in [0.15, 0.2) is 0 Å². The van der Waals surface area contributed by atoms with Gasteiger partial charge in [-0.15, -0.1) is 0 Å². The van der Waals surface area contributed by atoms with Gasteiger partial charge < -0.3 is 9.05 Å². The summed E-state index contributed by atoms with van der Waals surface area (Å²) in [5.74, 6) is 0. The molecular weight excluding hydrogens is 307 g/mol. The third kappa shape index (κ3) is 5.06. The molecule has 0 aliphatic carbocycles. The van der Waals surface area contributed by atoms with E-state index in [-0.39, 0.29) is 12.2 Å². The van der Waals surface area contributed by atoms with Crippen LogP contribution in [0, 0.1) is 0 Å². The molecule has 0 fully saturated rings. The summed E-state index contributed by atoms with van der Waals surface area (Å²) < 4.78 is 16.4. The topological polar surface area (TPSA) is 27.7 Å². The Morgan fingerprint density at radius 2 is 1.14 bits per heavy atom. The molecule has 0 amide bonds. The first-order chi connectivity index (χ1) is 10.2. The molecule has 0 heterocycles. The summed E-state index contributed by atoms with van der Waals surface area (Å²) in [6.45, 7) is 3.88. The Balaban J connectivity index is 1.94. The van der Waals surface area contributed by atoms with E-state index in [0.29, 0.717) is 0 Å². The second kappa shape index (κ2) is 8.47. The van der Waals surface area contributed by atoms with Crippen LogP contribution in [0.3, 0.4) is 0 Å². The predicted octanol–water partition coefficient (Wildman–Crippen LogP) is 5.94. The molecule has 21 heavy (non-hydrogen) atoms. The van der Waals surface area contributed by atoms with Gasteiger partial charge in [-0.2, -0.15) is 4.08 Å². The van der Waals surface area contributed by atoms with Crippen LogP contribution in [0.4, 0.5) is 0 Å². The van der Waals surface area contributed by atoms with Crippen LogP contribution in [0.2, 0.25) is 0 Å². The van der Waals surface area contributed by atoms with Crippen molar-refractivity contribution >= 4 is 20.5 Å². The minimum atomic E-state index is -1.62. The van der Waals surface area contributed by atoms with Crippen molar-refractivity contribution in [1.82, 2.24) is 0 Å². The van der Waals surface area contributed by atoms with Gasteiger partial charge in [-0.25, -0.2) is 0 Å². The Morgan fingerprint density at radius 3 is 1.48 bits per heavy atom. The van der Waals surface area contributed by atoms with Crippen molar-refractivity contribution in [3.05, 3.63) is 71.8 Å². The molecular formula is C16H18ClO3P. The van der Waals surface area contributed by atoms with Crippen LogP contribution in [0.25, 0.3) is 0 Å². The van der Waals surface area contributed by atoms with Gasteiger partial charge in [0.1, 0.15) is 0 Å². The molecule has 0 bridgehead atoms. The highest BCUT2D eigenvalue weighted by molar-refractivity contribution is 7.42. The molecule has 2 unspecified atom stereocenters. The fraction of sp³-hybridized carbons (Fsp3) is 0.250. The van der Waals surface area contributed by atoms with E-state index in [2.05, 4.69) is 0 Å². The molecule has 0 radical (unpaired) electrons. The molecule has 3 nitrogen and oxygen atoms in total. The summed E-state index contributed by atoms with van der Waals surface area (Å²) in [4.78, 5) is 0. The second-order valence-corrected chi connectivity index (χ2v) is 6.03. The Kier molecular flexibility index (Phi) is 6.62. The van der Waals surface area contributed by atoms with Crippen LogP contribution in [-0.2, 0) is 13.1 Å². The lowest BCUT2D eigenvalue weighted by Crippen LogP contribution is -2.01. The lowest BCUT2D eigenvalue weighted by Gasteiger charge is -2.21. The highest BCUT2D eigenvalue weighted by Crippen LogP contribution is 2.49. The van der Waals surface area contributed by atoms with Crippen molar-refractivity contribution in [3.63, 3.8) is 0 Å². The molecule has 0 saturated heterocycles. The van der Waals surface area contributed by atoms with Gasteiger partial charge in [0.2, 0.25) is 0 Å². The van der Waals surface area contributed by atoms with Gasteiger partial charge in [-0.1, -0.05) is 60.7 Å². The van der Waals surface area contributed by atoms with E-state index in [4.69, 9.17) is 25.0 Å². The van der Waals surface area contributed by atoms with E-state index < -0.39 is 8.60 Å². The maximum atomic E-state index is 5.77. The van der Waals surface area contributed by atoms with Crippen molar-refractivity contribution in [2.45, 2.75) is 26.1 Å². The van der Waals surface area contributed by atoms with Crippen molar-refractivity contribution in [3.8, 4) is 0 Å². The molecule has 112 valence electrons. The first kappa shape index (κ1) is 16.4. The first-order valence-electron chi connectivity index (χ1n) is 6.73. The van der Waals surface area contributed by atoms with Crippen molar-refractivity contribution in [2.24, 2.45) is 0 Å². The monoisotopic (exact) mass is 324 g/mol. The van der Waals surface area contributed by atoms with Gasteiger partial charge in [0, 0.05) is 0 Å². The number of hydrogen-bond acceptors (Lipinski definition) is 3. The largest absolute Gasteiger partial charge is 0.351 e. The standard InChI is InChI=1S/C16H18ClO3P/c1-13(15-9-5-3-6-10-15)18-21(20-17)19-14(2)16-11-7-4-8-12-16/h3-14H,1-2H3. The molecule has 0 spiro atoms. The summed E-state index contributed by atoms with van der Waals surface area (Å²) in [6.07, 6.45) is -0.307. The lowest BCUT2D eigenvalue weighted by molar-refractivity contribution is 0.131. The van der Waals surface area contributed by atoms with Gasteiger partial charge >= 0.3 is 8.60 Å². The van der Waals surface area contributed by atoms with Crippen molar-refractivity contribution in [1.29, 1.82) is 0 Å². The summed E-state index contributed by atoms with van der Waals surface area (Å²) in [7, 11) is -1.62. The quantitative estimate of drug-likeness (QED) is 0.590. The van der Waals surface area contributed by atoms with E-state index in [1.165, 1.54) is 0 Å².